The first-order valence-electron chi connectivity index (χ1n) is 8.31. The molecule has 0 heterocycles. The van der Waals surface area contributed by atoms with E-state index >= 15 is 0 Å². The minimum absolute atomic E-state index is 0.0787. The Morgan fingerprint density at radius 2 is 1.89 bits per heavy atom. The van der Waals surface area contributed by atoms with Gasteiger partial charge >= 0.3 is 0 Å². The van der Waals surface area contributed by atoms with Crippen molar-refractivity contribution in [3.8, 4) is 0 Å². The van der Waals surface area contributed by atoms with Crippen molar-refractivity contribution in [3.05, 3.63) is 68.8 Å². The highest BCUT2D eigenvalue weighted by atomic mass is 19.2. The third kappa shape index (κ3) is 4.65. The fraction of sp³-hybridized carbons (Fsp3) is 0.316. The average Bonchev–Trinajstić information content (AvgIpc) is 2.60. The van der Waals surface area contributed by atoms with Gasteiger partial charge in [0.25, 0.3) is 5.69 Å². The zero-order valence-electron chi connectivity index (χ0n) is 15.5. The van der Waals surface area contributed by atoms with E-state index < -0.39 is 22.5 Å². The molecule has 0 spiro atoms. The summed E-state index contributed by atoms with van der Waals surface area (Å²) in [6.45, 7) is 5.17. The van der Waals surface area contributed by atoms with E-state index in [4.69, 9.17) is 0 Å². The molecule has 2 aromatic carbocycles. The summed E-state index contributed by atoms with van der Waals surface area (Å²) < 4.78 is 26.5. The number of carbonyl (C=O) groups is 1. The second-order valence-electron chi connectivity index (χ2n) is 6.47. The number of nitrogens with one attached hydrogen (secondary N) is 1. The van der Waals surface area contributed by atoms with Gasteiger partial charge in [0.1, 0.15) is 5.69 Å². The molecule has 0 aromatic heterocycles. The lowest BCUT2D eigenvalue weighted by Gasteiger charge is -2.24. The molecule has 0 aliphatic carbocycles. The molecule has 27 heavy (non-hydrogen) atoms. The number of hydrogen-bond acceptors (Lipinski definition) is 4. The molecule has 0 unspecified atom stereocenters. The zero-order valence-corrected chi connectivity index (χ0v) is 15.5. The number of aryl methyl sites for hydroxylation is 1. The van der Waals surface area contributed by atoms with E-state index in [1.165, 1.54) is 12.1 Å². The lowest BCUT2D eigenvalue weighted by Crippen LogP contribution is -2.32. The van der Waals surface area contributed by atoms with Gasteiger partial charge in [-0.2, -0.15) is 0 Å². The van der Waals surface area contributed by atoms with Crippen molar-refractivity contribution in [2.75, 3.05) is 18.9 Å². The average molecular weight is 377 g/mol. The summed E-state index contributed by atoms with van der Waals surface area (Å²) in [6.07, 6.45) is 0. The van der Waals surface area contributed by atoms with Crippen LogP contribution in [0.25, 0.3) is 0 Å². The van der Waals surface area contributed by atoms with E-state index in [0.29, 0.717) is 11.1 Å². The van der Waals surface area contributed by atoms with Gasteiger partial charge in [0, 0.05) is 12.1 Å². The molecular formula is C19H21F2N3O3. The number of amides is 1. The van der Waals surface area contributed by atoms with Crippen molar-refractivity contribution in [3.63, 3.8) is 0 Å². The van der Waals surface area contributed by atoms with Crippen LogP contribution in [-0.4, -0.2) is 29.3 Å². The molecule has 0 saturated carbocycles. The van der Waals surface area contributed by atoms with E-state index in [1.807, 2.05) is 0 Å². The van der Waals surface area contributed by atoms with Crippen LogP contribution in [0.5, 0.6) is 0 Å². The molecule has 6 nitrogen and oxygen atoms in total. The quantitative estimate of drug-likeness (QED) is 0.607. The molecule has 2 rings (SSSR count). The van der Waals surface area contributed by atoms with Crippen molar-refractivity contribution in [1.82, 2.24) is 4.90 Å². The number of nitro benzene ring substituents is 1. The molecule has 8 heteroatoms. The van der Waals surface area contributed by atoms with Crippen LogP contribution in [-0.2, 0) is 4.79 Å². The molecular weight excluding hydrogens is 356 g/mol. The Labute approximate surface area is 155 Å². The summed E-state index contributed by atoms with van der Waals surface area (Å²) in [6, 6.07) is 6.19. The maximum atomic E-state index is 13.4. The van der Waals surface area contributed by atoms with Crippen molar-refractivity contribution >= 4 is 17.3 Å². The van der Waals surface area contributed by atoms with Crippen LogP contribution < -0.4 is 5.32 Å². The SMILES string of the molecule is Cc1ccc([N+](=O)[O-])c(NC(=O)CN(C)[C@H](C)c2ccc(F)c(F)c2)c1C. The lowest BCUT2D eigenvalue weighted by atomic mass is 10.1. The van der Waals surface area contributed by atoms with Crippen LogP contribution in [0, 0.1) is 35.6 Å². The highest BCUT2D eigenvalue weighted by Gasteiger charge is 2.21. The maximum Gasteiger partial charge on any atom is 0.293 e. The van der Waals surface area contributed by atoms with Crippen molar-refractivity contribution in [2.24, 2.45) is 0 Å². The van der Waals surface area contributed by atoms with Gasteiger partial charge < -0.3 is 5.32 Å². The Balaban J connectivity index is 2.14. The maximum absolute atomic E-state index is 13.4. The van der Waals surface area contributed by atoms with Gasteiger partial charge in [-0.1, -0.05) is 12.1 Å². The first kappa shape index (κ1) is 20.4. The molecule has 1 amide bonds. The number of anilines is 1. The number of nitro groups is 1. The summed E-state index contributed by atoms with van der Waals surface area (Å²) in [7, 11) is 1.66. The number of carbonyl (C=O) groups excluding carboxylic acids is 1. The van der Waals surface area contributed by atoms with Gasteiger partial charge in [-0.3, -0.25) is 19.8 Å². The van der Waals surface area contributed by atoms with Gasteiger partial charge in [0.05, 0.1) is 11.5 Å². The van der Waals surface area contributed by atoms with Gasteiger partial charge in [-0.25, -0.2) is 8.78 Å². The smallest absolute Gasteiger partial charge is 0.293 e. The minimum atomic E-state index is -0.955. The number of benzene rings is 2. The van der Waals surface area contributed by atoms with Crippen LogP contribution in [0.1, 0.15) is 29.7 Å². The first-order valence-corrected chi connectivity index (χ1v) is 8.31. The fourth-order valence-corrected chi connectivity index (χ4v) is 2.68. The Morgan fingerprint density at radius 3 is 2.48 bits per heavy atom. The third-order valence-electron chi connectivity index (χ3n) is 4.66. The Hall–Kier alpha value is -2.87. The second kappa shape index (κ2) is 8.22. The Morgan fingerprint density at radius 1 is 1.22 bits per heavy atom. The molecule has 2 aromatic rings. The molecule has 0 fully saturated rings. The van der Waals surface area contributed by atoms with Gasteiger partial charge in [0.2, 0.25) is 5.91 Å². The van der Waals surface area contributed by atoms with Crippen molar-refractivity contribution in [2.45, 2.75) is 26.8 Å². The molecule has 0 aliphatic heterocycles. The molecule has 0 saturated heterocycles. The van der Waals surface area contributed by atoms with Crippen molar-refractivity contribution < 1.29 is 18.5 Å². The monoisotopic (exact) mass is 377 g/mol. The van der Waals surface area contributed by atoms with Crippen LogP contribution in [0.2, 0.25) is 0 Å². The standard InChI is InChI=1S/C19H21F2N3O3/c1-11-5-8-17(24(26)27)19(12(11)2)22-18(25)10-23(4)13(3)14-6-7-15(20)16(21)9-14/h5-9,13H,10H2,1-4H3,(H,22,25)/t13-/m1/s1. The minimum Gasteiger partial charge on any atom is -0.319 e. The number of hydrogen-bond donors (Lipinski definition) is 1. The number of likely N-dealkylation sites (N-methyl/N-ethyl adjacent to an activating group) is 1. The molecule has 1 N–H and O–H groups in total. The molecule has 0 bridgehead atoms. The lowest BCUT2D eigenvalue weighted by molar-refractivity contribution is -0.384. The fourth-order valence-electron chi connectivity index (χ4n) is 2.68. The zero-order chi connectivity index (χ0) is 20.3. The molecule has 1 atom stereocenters. The van der Waals surface area contributed by atoms with Crippen LogP contribution in [0.15, 0.2) is 30.3 Å². The van der Waals surface area contributed by atoms with E-state index in [0.717, 1.165) is 17.7 Å². The third-order valence-corrected chi connectivity index (χ3v) is 4.66. The highest BCUT2D eigenvalue weighted by molar-refractivity contribution is 5.95. The summed E-state index contributed by atoms with van der Waals surface area (Å²) in [5.41, 5.74) is 1.94. The van der Waals surface area contributed by atoms with Crippen LogP contribution in [0.3, 0.4) is 0 Å². The normalized spacial score (nSPS) is 12.1. The Kier molecular flexibility index (Phi) is 6.22. The molecule has 144 valence electrons. The summed E-state index contributed by atoms with van der Waals surface area (Å²) >= 11 is 0. The number of rotatable bonds is 6. The van der Waals surface area contributed by atoms with Crippen LogP contribution in [0.4, 0.5) is 20.2 Å². The van der Waals surface area contributed by atoms with Gasteiger partial charge in [-0.05, 0) is 56.6 Å². The molecule has 0 radical (unpaired) electrons. The predicted molar refractivity (Wildman–Crippen MR) is 98.6 cm³/mol. The Bertz CT molecular complexity index is 887. The van der Waals surface area contributed by atoms with E-state index in [9.17, 15) is 23.7 Å². The molecule has 0 aliphatic rings. The summed E-state index contributed by atoms with van der Waals surface area (Å²) in [4.78, 5) is 24.7. The second-order valence-corrected chi connectivity index (χ2v) is 6.47. The van der Waals surface area contributed by atoms with E-state index in [-0.39, 0.29) is 24.0 Å². The van der Waals surface area contributed by atoms with E-state index in [2.05, 4.69) is 5.32 Å². The number of nitrogens with zero attached hydrogens (tertiary/aromatic N) is 2. The largest absolute Gasteiger partial charge is 0.319 e. The predicted octanol–water partition coefficient (Wildman–Crippen LogP) is 4.12. The summed E-state index contributed by atoms with van der Waals surface area (Å²) in [5.74, 6) is -2.33. The van der Waals surface area contributed by atoms with Crippen molar-refractivity contribution in [1.29, 1.82) is 0 Å². The van der Waals surface area contributed by atoms with Gasteiger partial charge in [0.15, 0.2) is 11.6 Å². The first-order chi connectivity index (χ1) is 12.6. The van der Waals surface area contributed by atoms with Gasteiger partial charge in [-0.15, -0.1) is 0 Å². The van der Waals surface area contributed by atoms with Crippen LogP contribution >= 0.6 is 0 Å². The highest BCUT2D eigenvalue weighted by Crippen LogP contribution is 2.30. The number of halogens is 2. The summed E-state index contributed by atoms with van der Waals surface area (Å²) in [5, 5.41) is 13.8. The van der Waals surface area contributed by atoms with E-state index in [1.54, 1.807) is 38.8 Å². The topological polar surface area (TPSA) is 75.5 Å².